The van der Waals surface area contributed by atoms with Gasteiger partial charge in [0.1, 0.15) is 5.75 Å². The maximum absolute atomic E-state index is 11.8. The molecule has 0 saturated heterocycles. The molecule has 0 heterocycles. The van der Waals surface area contributed by atoms with E-state index in [9.17, 15) is 9.90 Å². The molecule has 20 heavy (non-hydrogen) atoms. The SMILES string of the molecule is CN(CCNC(=O)Cc1cccc(O)c1)C1CCCC1. The lowest BCUT2D eigenvalue weighted by atomic mass is 10.1. The van der Waals surface area contributed by atoms with E-state index in [0.29, 0.717) is 19.0 Å². The summed E-state index contributed by atoms with van der Waals surface area (Å²) in [7, 11) is 2.14. The number of benzene rings is 1. The lowest BCUT2D eigenvalue weighted by molar-refractivity contribution is -0.120. The summed E-state index contributed by atoms with van der Waals surface area (Å²) in [6, 6.07) is 7.54. The number of hydrogen-bond donors (Lipinski definition) is 2. The number of amides is 1. The number of rotatable bonds is 6. The van der Waals surface area contributed by atoms with Crippen LogP contribution in [0, 0.1) is 0 Å². The molecule has 0 spiro atoms. The summed E-state index contributed by atoms with van der Waals surface area (Å²) in [5, 5.41) is 12.3. The van der Waals surface area contributed by atoms with Crippen molar-refractivity contribution in [1.82, 2.24) is 10.2 Å². The van der Waals surface area contributed by atoms with E-state index in [1.54, 1.807) is 18.2 Å². The van der Waals surface area contributed by atoms with Gasteiger partial charge in [0, 0.05) is 19.1 Å². The maximum Gasteiger partial charge on any atom is 0.224 e. The van der Waals surface area contributed by atoms with E-state index in [0.717, 1.165) is 12.1 Å². The molecule has 1 aromatic rings. The lowest BCUT2D eigenvalue weighted by Gasteiger charge is -2.23. The average Bonchev–Trinajstić information content (AvgIpc) is 2.92. The predicted octanol–water partition coefficient (Wildman–Crippen LogP) is 1.93. The van der Waals surface area contributed by atoms with Gasteiger partial charge >= 0.3 is 0 Å². The summed E-state index contributed by atoms with van der Waals surface area (Å²) in [6.45, 7) is 1.58. The van der Waals surface area contributed by atoms with Crippen molar-refractivity contribution in [3.05, 3.63) is 29.8 Å². The van der Waals surface area contributed by atoms with E-state index in [2.05, 4.69) is 17.3 Å². The Morgan fingerprint density at radius 2 is 2.15 bits per heavy atom. The van der Waals surface area contributed by atoms with E-state index in [-0.39, 0.29) is 11.7 Å². The number of aromatic hydroxyl groups is 1. The van der Waals surface area contributed by atoms with Gasteiger partial charge in [0.25, 0.3) is 0 Å². The Kier molecular flexibility index (Phi) is 5.41. The molecule has 1 fully saturated rings. The van der Waals surface area contributed by atoms with Crippen LogP contribution >= 0.6 is 0 Å². The first-order chi connectivity index (χ1) is 9.65. The zero-order valence-corrected chi connectivity index (χ0v) is 12.1. The Morgan fingerprint density at radius 1 is 1.40 bits per heavy atom. The molecule has 1 aromatic carbocycles. The molecule has 2 N–H and O–H groups in total. The van der Waals surface area contributed by atoms with Crippen molar-refractivity contribution in [2.75, 3.05) is 20.1 Å². The van der Waals surface area contributed by atoms with Crippen LogP contribution in [0.3, 0.4) is 0 Å². The summed E-state index contributed by atoms with van der Waals surface area (Å²) >= 11 is 0. The van der Waals surface area contributed by atoms with Crippen LogP contribution in [0.15, 0.2) is 24.3 Å². The van der Waals surface area contributed by atoms with Crippen LogP contribution < -0.4 is 5.32 Å². The molecule has 0 aromatic heterocycles. The molecule has 1 amide bonds. The van der Waals surface area contributed by atoms with Crippen LogP contribution in [0.4, 0.5) is 0 Å². The quantitative estimate of drug-likeness (QED) is 0.834. The summed E-state index contributed by atoms with van der Waals surface area (Å²) in [6.07, 6.45) is 5.56. The fraction of sp³-hybridized carbons (Fsp3) is 0.562. The molecule has 4 nitrogen and oxygen atoms in total. The third-order valence-corrected chi connectivity index (χ3v) is 4.01. The number of hydrogen-bond acceptors (Lipinski definition) is 3. The van der Waals surface area contributed by atoms with E-state index >= 15 is 0 Å². The highest BCUT2D eigenvalue weighted by Gasteiger charge is 2.18. The number of nitrogens with zero attached hydrogens (tertiary/aromatic N) is 1. The number of likely N-dealkylation sites (N-methyl/N-ethyl adjacent to an activating group) is 1. The minimum Gasteiger partial charge on any atom is -0.508 e. The number of carbonyl (C=O) groups excluding carboxylic acids is 1. The molecule has 0 atom stereocenters. The van der Waals surface area contributed by atoms with E-state index in [4.69, 9.17) is 0 Å². The van der Waals surface area contributed by atoms with Gasteiger partial charge in [0.05, 0.1) is 6.42 Å². The van der Waals surface area contributed by atoms with E-state index < -0.39 is 0 Å². The Hall–Kier alpha value is -1.55. The summed E-state index contributed by atoms with van der Waals surface area (Å²) in [5.41, 5.74) is 0.839. The van der Waals surface area contributed by atoms with Gasteiger partial charge in [-0.25, -0.2) is 0 Å². The van der Waals surface area contributed by atoms with Crippen molar-refractivity contribution in [1.29, 1.82) is 0 Å². The molecular formula is C16H24N2O2. The monoisotopic (exact) mass is 276 g/mol. The minimum absolute atomic E-state index is 0.00965. The number of phenolic OH excluding ortho intramolecular Hbond substituents is 1. The van der Waals surface area contributed by atoms with Crippen molar-refractivity contribution in [2.24, 2.45) is 0 Å². The van der Waals surface area contributed by atoms with Gasteiger partial charge in [-0.2, -0.15) is 0 Å². The molecule has 0 unspecified atom stereocenters. The molecule has 1 saturated carbocycles. The zero-order chi connectivity index (χ0) is 14.4. The second-order valence-corrected chi connectivity index (χ2v) is 5.62. The van der Waals surface area contributed by atoms with Crippen LogP contribution in [0.1, 0.15) is 31.2 Å². The molecule has 0 radical (unpaired) electrons. The maximum atomic E-state index is 11.8. The fourth-order valence-electron chi connectivity index (χ4n) is 2.81. The number of carbonyl (C=O) groups is 1. The normalized spacial score (nSPS) is 15.7. The van der Waals surface area contributed by atoms with Crippen LogP contribution in [0.25, 0.3) is 0 Å². The number of nitrogens with one attached hydrogen (secondary N) is 1. The predicted molar refractivity (Wildman–Crippen MR) is 79.7 cm³/mol. The Labute approximate surface area is 120 Å². The van der Waals surface area contributed by atoms with Gasteiger partial charge in [0.2, 0.25) is 5.91 Å². The summed E-state index contributed by atoms with van der Waals surface area (Å²) in [5.74, 6) is 0.215. The topological polar surface area (TPSA) is 52.6 Å². The molecule has 0 aliphatic heterocycles. The van der Waals surface area contributed by atoms with Crippen molar-refractivity contribution >= 4 is 5.91 Å². The standard InChI is InChI=1S/C16H24N2O2/c1-18(14-6-2-3-7-14)10-9-17-16(20)12-13-5-4-8-15(19)11-13/h4-5,8,11,14,19H,2-3,6-7,9-10,12H2,1H3,(H,17,20). The summed E-state index contributed by atoms with van der Waals surface area (Å²) in [4.78, 5) is 14.2. The highest BCUT2D eigenvalue weighted by atomic mass is 16.3. The Bertz CT molecular complexity index is 442. The van der Waals surface area contributed by atoms with Crippen molar-refractivity contribution in [3.63, 3.8) is 0 Å². The van der Waals surface area contributed by atoms with Gasteiger partial charge in [0.15, 0.2) is 0 Å². The fourth-order valence-corrected chi connectivity index (χ4v) is 2.81. The van der Waals surface area contributed by atoms with Crippen LogP contribution in [0.5, 0.6) is 5.75 Å². The Balaban J connectivity index is 1.67. The second-order valence-electron chi connectivity index (χ2n) is 5.62. The van der Waals surface area contributed by atoms with Gasteiger partial charge in [-0.05, 0) is 37.6 Å². The molecular weight excluding hydrogens is 252 g/mol. The van der Waals surface area contributed by atoms with Crippen molar-refractivity contribution in [2.45, 2.75) is 38.1 Å². The molecule has 110 valence electrons. The lowest BCUT2D eigenvalue weighted by Crippen LogP contribution is -2.37. The molecule has 4 heteroatoms. The molecule has 1 aliphatic rings. The minimum atomic E-state index is 0.00965. The van der Waals surface area contributed by atoms with Crippen molar-refractivity contribution < 1.29 is 9.90 Å². The molecule has 1 aliphatic carbocycles. The van der Waals surface area contributed by atoms with E-state index in [1.165, 1.54) is 25.7 Å². The van der Waals surface area contributed by atoms with E-state index in [1.807, 2.05) is 6.07 Å². The summed E-state index contributed by atoms with van der Waals surface area (Å²) < 4.78 is 0. The smallest absolute Gasteiger partial charge is 0.224 e. The van der Waals surface area contributed by atoms with Gasteiger partial charge in [-0.1, -0.05) is 25.0 Å². The Morgan fingerprint density at radius 3 is 2.85 bits per heavy atom. The second kappa shape index (κ2) is 7.29. The largest absolute Gasteiger partial charge is 0.508 e. The zero-order valence-electron chi connectivity index (χ0n) is 12.1. The van der Waals surface area contributed by atoms with Gasteiger partial charge < -0.3 is 15.3 Å². The number of phenols is 1. The van der Waals surface area contributed by atoms with Crippen molar-refractivity contribution in [3.8, 4) is 5.75 Å². The first-order valence-electron chi connectivity index (χ1n) is 7.40. The van der Waals surface area contributed by atoms with Gasteiger partial charge in [-0.15, -0.1) is 0 Å². The van der Waals surface area contributed by atoms with Crippen LogP contribution in [0.2, 0.25) is 0 Å². The molecule has 2 rings (SSSR count). The highest BCUT2D eigenvalue weighted by molar-refractivity contribution is 5.78. The highest BCUT2D eigenvalue weighted by Crippen LogP contribution is 2.21. The average molecular weight is 276 g/mol. The first kappa shape index (κ1) is 14.9. The third-order valence-electron chi connectivity index (χ3n) is 4.01. The molecule has 0 bridgehead atoms. The van der Waals surface area contributed by atoms with Crippen LogP contribution in [-0.2, 0) is 11.2 Å². The van der Waals surface area contributed by atoms with Crippen LogP contribution in [-0.4, -0.2) is 42.1 Å². The third kappa shape index (κ3) is 4.53. The van der Waals surface area contributed by atoms with Gasteiger partial charge in [-0.3, -0.25) is 4.79 Å². The first-order valence-corrected chi connectivity index (χ1v) is 7.40.